The number of hydrogen-bond acceptors (Lipinski definition) is 5. The highest BCUT2D eigenvalue weighted by atomic mass is 19.1. The number of nitrogens with one attached hydrogen (secondary N) is 1. The Bertz CT molecular complexity index is 1270. The van der Waals surface area contributed by atoms with Crippen LogP contribution in [0.4, 0.5) is 10.1 Å². The third-order valence-electron chi connectivity index (χ3n) is 6.96. The summed E-state index contributed by atoms with van der Waals surface area (Å²) in [6, 6.07) is 20.7. The summed E-state index contributed by atoms with van der Waals surface area (Å²) in [5.74, 6) is -2.45. The lowest BCUT2D eigenvalue weighted by Crippen LogP contribution is -2.37. The molecule has 0 unspecified atom stereocenters. The second-order valence-corrected chi connectivity index (χ2v) is 9.73. The number of para-hydroxylation sites is 1. The van der Waals surface area contributed by atoms with Crippen LogP contribution < -0.4 is 5.32 Å². The fourth-order valence-corrected chi connectivity index (χ4v) is 5.02. The summed E-state index contributed by atoms with van der Waals surface area (Å²) < 4.78 is 13.6. The van der Waals surface area contributed by atoms with Gasteiger partial charge in [0.05, 0.1) is 17.9 Å². The lowest BCUT2D eigenvalue weighted by atomic mass is 9.88. The highest BCUT2D eigenvalue weighted by molar-refractivity contribution is 6.17. The van der Waals surface area contributed by atoms with E-state index in [4.69, 9.17) is 4.99 Å². The third kappa shape index (κ3) is 7.59. The second kappa shape index (κ2) is 13.8. The van der Waals surface area contributed by atoms with Crippen LogP contribution in [-0.2, 0) is 9.59 Å². The van der Waals surface area contributed by atoms with Crippen molar-refractivity contribution < 1.29 is 24.2 Å². The molecule has 0 aliphatic carbocycles. The molecule has 1 fully saturated rings. The molecule has 1 aliphatic heterocycles. The number of rotatable bonds is 11. The van der Waals surface area contributed by atoms with Crippen LogP contribution in [0.5, 0.6) is 0 Å². The molecule has 39 heavy (non-hydrogen) atoms. The maximum absolute atomic E-state index is 13.6. The number of halogens is 1. The van der Waals surface area contributed by atoms with Gasteiger partial charge in [-0.15, -0.1) is 0 Å². The van der Waals surface area contributed by atoms with Crippen LogP contribution in [-0.4, -0.2) is 65.0 Å². The zero-order valence-corrected chi connectivity index (χ0v) is 21.8. The Morgan fingerprint density at radius 2 is 1.59 bits per heavy atom. The van der Waals surface area contributed by atoms with Crippen molar-refractivity contribution in [2.24, 2.45) is 4.99 Å². The van der Waals surface area contributed by atoms with Crippen molar-refractivity contribution in [1.82, 2.24) is 4.90 Å². The number of aliphatic imine (C=N–C) groups is 1. The first-order chi connectivity index (χ1) is 19.0. The zero-order valence-electron chi connectivity index (χ0n) is 21.8. The fourth-order valence-electron chi connectivity index (χ4n) is 5.02. The molecule has 204 valence electrons. The van der Waals surface area contributed by atoms with Gasteiger partial charge in [0.2, 0.25) is 5.91 Å². The third-order valence-corrected chi connectivity index (χ3v) is 6.96. The molecule has 0 saturated carbocycles. The predicted octanol–water partition coefficient (Wildman–Crippen LogP) is 4.71. The Kier molecular flexibility index (Phi) is 9.94. The first kappa shape index (κ1) is 28.1. The van der Waals surface area contributed by atoms with Gasteiger partial charge in [-0.25, -0.2) is 9.18 Å². The molecule has 8 heteroatoms. The van der Waals surface area contributed by atoms with Crippen LogP contribution in [0, 0.1) is 5.82 Å². The summed E-state index contributed by atoms with van der Waals surface area (Å²) in [6.07, 6.45) is 3.46. The molecular formula is C31H34FN3O4. The maximum atomic E-state index is 13.6. The number of likely N-dealkylation sites (tertiary alicyclic amines) is 1. The van der Waals surface area contributed by atoms with E-state index in [9.17, 15) is 24.2 Å². The number of anilines is 1. The van der Waals surface area contributed by atoms with Crippen LogP contribution in [0.2, 0.25) is 0 Å². The van der Waals surface area contributed by atoms with Crippen molar-refractivity contribution in [1.29, 1.82) is 0 Å². The Morgan fingerprint density at radius 1 is 0.923 bits per heavy atom. The molecule has 1 saturated heterocycles. The van der Waals surface area contributed by atoms with Crippen molar-refractivity contribution in [3.63, 3.8) is 0 Å². The van der Waals surface area contributed by atoms with Crippen LogP contribution in [0.15, 0.2) is 83.9 Å². The van der Waals surface area contributed by atoms with Crippen LogP contribution >= 0.6 is 0 Å². The van der Waals surface area contributed by atoms with Crippen LogP contribution in [0.1, 0.15) is 48.3 Å². The average Bonchev–Trinajstić information content (AvgIpc) is 2.95. The lowest BCUT2D eigenvalue weighted by Gasteiger charge is -2.26. The van der Waals surface area contributed by atoms with Gasteiger partial charge in [-0.2, -0.15) is 0 Å². The molecular weight excluding hydrogens is 497 g/mol. The molecule has 2 atom stereocenters. The Labute approximate surface area is 228 Å². The number of aliphatic carboxylic acids is 1. The number of hydrogen-bond donors (Lipinski definition) is 3. The van der Waals surface area contributed by atoms with E-state index in [1.54, 1.807) is 12.1 Å². The minimum absolute atomic E-state index is 0.127. The van der Waals surface area contributed by atoms with Gasteiger partial charge in [-0.3, -0.25) is 14.7 Å². The molecule has 0 spiro atoms. The largest absolute Gasteiger partial charge is 0.480 e. The van der Waals surface area contributed by atoms with Gasteiger partial charge in [-0.1, -0.05) is 67.1 Å². The topological polar surface area (TPSA) is 102 Å². The van der Waals surface area contributed by atoms with E-state index in [-0.39, 0.29) is 25.5 Å². The highest BCUT2D eigenvalue weighted by Gasteiger charge is 2.30. The average molecular weight is 532 g/mol. The Balaban J connectivity index is 1.74. The molecule has 0 bridgehead atoms. The van der Waals surface area contributed by atoms with Gasteiger partial charge in [0, 0.05) is 23.7 Å². The monoisotopic (exact) mass is 531 g/mol. The molecule has 4 rings (SSSR count). The summed E-state index contributed by atoms with van der Waals surface area (Å²) in [5.41, 5.74) is 2.78. The normalized spacial score (nSPS) is 15.9. The number of aliphatic hydroxyl groups is 1. The van der Waals surface area contributed by atoms with Gasteiger partial charge >= 0.3 is 5.97 Å². The number of carbonyl (C=O) groups excluding carboxylic acids is 1. The first-order valence-corrected chi connectivity index (χ1v) is 13.3. The number of piperidine rings is 1. The molecule has 0 radical (unpaired) electrons. The summed E-state index contributed by atoms with van der Waals surface area (Å²) in [7, 11) is 0. The first-order valence-electron chi connectivity index (χ1n) is 13.3. The van der Waals surface area contributed by atoms with Crippen LogP contribution in [0.3, 0.4) is 0 Å². The number of aliphatic hydroxyl groups excluding tert-OH is 1. The molecule has 1 heterocycles. The minimum Gasteiger partial charge on any atom is -0.480 e. The van der Waals surface area contributed by atoms with Gasteiger partial charge in [0.15, 0.2) is 6.04 Å². The van der Waals surface area contributed by atoms with Crippen LogP contribution in [0.25, 0.3) is 0 Å². The Morgan fingerprint density at radius 3 is 2.26 bits per heavy atom. The number of carboxylic acid groups (broad SMARTS) is 1. The standard InChI is InChI=1S/C31H34FN3O4/c32-24-15-13-22(14-16-24)25(17-20-36)30(31(38)39)34-29(23-9-3-1-4-10-23)26-11-5-6-12-27(26)33-28(37)21-35-18-7-2-8-19-35/h1,3-6,9-16,25,30,36H,2,7-8,17-21H2,(H,33,37)(H,38,39)/t25-,30+/m0/s1. The fraction of sp³-hybridized carbons (Fsp3) is 0.323. The number of carboxylic acids is 1. The van der Waals surface area contributed by atoms with E-state index in [1.807, 2.05) is 42.5 Å². The molecule has 1 aliphatic rings. The van der Waals surface area contributed by atoms with Gasteiger partial charge in [-0.05, 0) is 56.1 Å². The molecule has 3 N–H and O–H groups in total. The van der Waals surface area contributed by atoms with E-state index in [0.29, 0.717) is 28.1 Å². The quantitative estimate of drug-likeness (QED) is 0.311. The number of amides is 1. The second-order valence-electron chi connectivity index (χ2n) is 9.73. The van der Waals surface area contributed by atoms with Crippen molar-refractivity contribution >= 4 is 23.3 Å². The SMILES string of the molecule is O=C(CN1CCCCC1)Nc1ccccc1C(=N[C@@H](C(=O)O)[C@@H](CCO)c1ccc(F)cc1)c1ccccc1. The van der Waals surface area contributed by atoms with Crippen molar-refractivity contribution in [2.45, 2.75) is 37.6 Å². The highest BCUT2D eigenvalue weighted by Crippen LogP contribution is 2.29. The van der Waals surface area contributed by atoms with Gasteiger partial charge in [0.1, 0.15) is 5.82 Å². The van der Waals surface area contributed by atoms with Crippen molar-refractivity contribution in [3.05, 3.63) is 101 Å². The van der Waals surface area contributed by atoms with E-state index in [1.165, 1.54) is 30.7 Å². The smallest absolute Gasteiger partial charge is 0.329 e. The van der Waals surface area contributed by atoms with E-state index >= 15 is 0 Å². The lowest BCUT2D eigenvalue weighted by molar-refractivity contribution is -0.139. The summed E-state index contributed by atoms with van der Waals surface area (Å²) in [4.78, 5) is 32.5. The Hall–Kier alpha value is -3.88. The minimum atomic E-state index is -1.27. The molecule has 3 aromatic rings. The molecule has 3 aromatic carbocycles. The zero-order chi connectivity index (χ0) is 27.6. The summed E-state index contributed by atoms with van der Waals surface area (Å²) in [5, 5.41) is 23.1. The van der Waals surface area contributed by atoms with Gasteiger partial charge in [0.25, 0.3) is 0 Å². The van der Waals surface area contributed by atoms with Gasteiger partial charge < -0.3 is 15.5 Å². The maximum Gasteiger partial charge on any atom is 0.329 e. The molecule has 0 aromatic heterocycles. The number of benzene rings is 3. The van der Waals surface area contributed by atoms with Crippen molar-refractivity contribution in [3.8, 4) is 0 Å². The van der Waals surface area contributed by atoms with E-state index in [0.717, 1.165) is 25.9 Å². The molecule has 7 nitrogen and oxygen atoms in total. The summed E-state index contributed by atoms with van der Waals surface area (Å²) in [6.45, 7) is 1.81. The predicted molar refractivity (Wildman–Crippen MR) is 150 cm³/mol. The van der Waals surface area contributed by atoms with E-state index in [2.05, 4.69) is 10.2 Å². The van der Waals surface area contributed by atoms with E-state index < -0.39 is 23.7 Å². The number of nitrogens with zero attached hydrogens (tertiary/aromatic N) is 2. The number of carbonyl (C=O) groups is 2. The summed E-state index contributed by atoms with van der Waals surface area (Å²) >= 11 is 0. The van der Waals surface area contributed by atoms with Crippen molar-refractivity contribution in [2.75, 3.05) is 31.6 Å². The molecule has 1 amide bonds.